The number of rotatable bonds is 3. The first-order valence-corrected chi connectivity index (χ1v) is 6.55. The van der Waals surface area contributed by atoms with E-state index in [-0.39, 0.29) is 24.3 Å². The van der Waals surface area contributed by atoms with E-state index in [9.17, 15) is 9.59 Å². The van der Waals surface area contributed by atoms with Crippen molar-refractivity contribution in [2.24, 2.45) is 5.92 Å². The molecule has 0 saturated heterocycles. The van der Waals surface area contributed by atoms with Gasteiger partial charge in [-0.3, -0.25) is 9.59 Å². The molecule has 2 aliphatic rings. The van der Waals surface area contributed by atoms with E-state index in [1.165, 1.54) is 0 Å². The summed E-state index contributed by atoms with van der Waals surface area (Å²) in [6, 6.07) is 5.54. The second-order valence-electron chi connectivity index (χ2n) is 5.01. The lowest BCUT2D eigenvalue weighted by Crippen LogP contribution is -2.34. The average Bonchev–Trinajstić information content (AvgIpc) is 2.34. The molecule has 1 aliphatic heterocycles. The molecule has 100 valence electrons. The van der Waals surface area contributed by atoms with E-state index >= 15 is 0 Å². The Bertz CT molecular complexity index is 523. The molecule has 2 amide bonds. The summed E-state index contributed by atoms with van der Waals surface area (Å²) in [5.41, 5.74) is 1.66. The van der Waals surface area contributed by atoms with Crippen molar-refractivity contribution >= 4 is 17.5 Å². The van der Waals surface area contributed by atoms with E-state index in [1.807, 2.05) is 12.1 Å². The van der Waals surface area contributed by atoms with Gasteiger partial charge in [0, 0.05) is 12.5 Å². The van der Waals surface area contributed by atoms with Gasteiger partial charge in [0.15, 0.2) is 6.61 Å². The zero-order valence-corrected chi connectivity index (χ0v) is 10.6. The van der Waals surface area contributed by atoms with Crippen LogP contribution in [0, 0.1) is 5.92 Å². The van der Waals surface area contributed by atoms with Crippen LogP contribution in [0.1, 0.15) is 24.8 Å². The number of nitrogens with one attached hydrogen (secondary N) is 2. The van der Waals surface area contributed by atoms with Crippen LogP contribution in [0.15, 0.2) is 18.2 Å². The van der Waals surface area contributed by atoms with Gasteiger partial charge in [0.25, 0.3) is 5.91 Å². The monoisotopic (exact) mass is 260 g/mol. The highest BCUT2D eigenvalue weighted by Gasteiger charge is 2.24. The van der Waals surface area contributed by atoms with E-state index in [2.05, 4.69) is 10.6 Å². The molecule has 1 fully saturated rings. The van der Waals surface area contributed by atoms with Crippen molar-refractivity contribution in [1.82, 2.24) is 5.32 Å². The molecule has 1 aromatic carbocycles. The number of anilines is 1. The molecule has 0 bridgehead atoms. The fourth-order valence-electron chi connectivity index (χ4n) is 2.23. The smallest absolute Gasteiger partial charge is 0.262 e. The molecule has 0 aromatic heterocycles. The van der Waals surface area contributed by atoms with Crippen LogP contribution in [-0.2, 0) is 16.1 Å². The summed E-state index contributed by atoms with van der Waals surface area (Å²) in [5, 5.41) is 5.67. The van der Waals surface area contributed by atoms with Gasteiger partial charge in [-0.05, 0) is 30.5 Å². The summed E-state index contributed by atoms with van der Waals surface area (Å²) in [5.74, 6) is 0.861. The van der Waals surface area contributed by atoms with Crippen molar-refractivity contribution < 1.29 is 14.3 Å². The third-order valence-electron chi connectivity index (χ3n) is 3.62. The summed E-state index contributed by atoms with van der Waals surface area (Å²) in [4.78, 5) is 22.9. The molecule has 1 heterocycles. The minimum atomic E-state index is -0.140. The van der Waals surface area contributed by atoms with Crippen LogP contribution in [0.25, 0.3) is 0 Å². The Morgan fingerprint density at radius 2 is 2.26 bits per heavy atom. The molecule has 5 nitrogen and oxygen atoms in total. The number of ether oxygens (including phenoxy) is 1. The summed E-state index contributed by atoms with van der Waals surface area (Å²) in [7, 11) is 0. The van der Waals surface area contributed by atoms with Gasteiger partial charge in [-0.15, -0.1) is 0 Å². The number of fused-ring (bicyclic) bond motifs is 1. The van der Waals surface area contributed by atoms with Crippen LogP contribution in [0.5, 0.6) is 5.75 Å². The Balaban J connectivity index is 1.62. The van der Waals surface area contributed by atoms with Crippen molar-refractivity contribution in [3.05, 3.63) is 23.8 Å². The minimum Gasteiger partial charge on any atom is -0.482 e. The van der Waals surface area contributed by atoms with E-state index in [4.69, 9.17) is 4.74 Å². The zero-order chi connectivity index (χ0) is 13.2. The maximum absolute atomic E-state index is 11.7. The Kier molecular flexibility index (Phi) is 3.11. The highest BCUT2D eigenvalue weighted by molar-refractivity contribution is 5.95. The van der Waals surface area contributed by atoms with Crippen molar-refractivity contribution in [3.63, 3.8) is 0 Å². The molecule has 5 heteroatoms. The van der Waals surface area contributed by atoms with Crippen LogP contribution in [0.3, 0.4) is 0 Å². The van der Waals surface area contributed by atoms with Crippen molar-refractivity contribution in [2.75, 3.05) is 11.9 Å². The van der Waals surface area contributed by atoms with Crippen LogP contribution in [-0.4, -0.2) is 18.4 Å². The van der Waals surface area contributed by atoms with Crippen molar-refractivity contribution in [1.29, 1.82) is 0 Å². The predicted octanol–water partition coefficient (Wildman–Crippen LogP) is 1.43. The van der Waals surface area contributed by atoms with Gasteiger partial charge in [-0.25, -0.2) is 0 Å². The third-order valence-corrected chi connectivity index (χ3v) is 3.62. The second-order valence-corrected chi connectivity index (χ2v) is 5.01. The van der Waals surface area contributed by atoms with E-state index in [0.717, 1.165) is 24.8 Å². The molecule has 3 rings (SSSR count). The summed E-state index contributed by atoms with van der Waals surface area (Å²) in [6.45, 7) is 0.546. The highest BCUT2D eigenvalue weighted by atomic mass is 16.5. The number of carbonyl (C=O) groups is 2. The molecule has 0 unspecified atom stereocenters. The first-order chi connectivity index (χ1) is 9.22. The van der Waals surface area contributed by atoms with Crippen LogP contribution in [0.4, 0.5) is 5.69 Å². The average molecular weight is 260 g/mol. The van der Waals surface area contributed by atoms with Gasteiger partial charge in [-0.2, -0.15) is 0 Å². The fraction of sp³-hybridized carbons (Fsp3) is 0.429. The molecule has 2 N–H and O–H groups in total. The molecule has 1 aromatic rings. The molecule has 1 saturated carbocycles. The first kappa shape index (κ1) is 12.0. The molecule has 0 spiro atoms. The summed E-state index contributed by atoms with van der Waals surface area (Å²) in [6.07, 6.45) is 3.17. The molecule has 0 atom stereocenters. The van der Waals surface area contributed by atoms with Gasteiger partial charge < -0.3 is 15.4 Å². The van der Waals surface area contributed by atoms with Gasteiger partial charge >= 0.3 is 0 Å². The maximum Gasteiger partial charge on any atom is 0.262 e. The lowest BCUT2D eigenvalue weighted by atomic mass is 9.85. The Morgan fingerprint density at radius 1 is 1.42 bits per heavy atom. The quantitative estimate of drug-likeness (QED) is 0.864. The normalized spacial score (nSPS) is 17.8. The van der Waals surface area contributed by atoms with Crippen molar-refractivity contribution in [3.8, 4) is 5.75 Å². The Labute approximate surface area is 111 Å². The zero-order valence-electron chi connectivity index (χ0n) is 10.6. The maximum atomic E-state index is 11.7. The minimum absolute atomic E-state index is 0.0465. The van der Waals surface area contributed by atoms with E-state index in [1.54, 1.807) is 6.07 Å². The predicted molar refractivity (Wildman–Crippen MR) is 69.8 cm³/mol. The highest BCUT2D eigenvalue weighted by Crippen LogP contribution is 2.29. The Morgan fingerprint density at radius 3 is 3.00 bits per heavy atom. The summed E-state index contributed by atoms with van der Waals surface area (Å²) >= 11 is 0. The lowest BCUT2D eigenvalue weighted by molar-refractivity contribution is -0.127. The molecule has 19 heavy (non-hydrogen) atoms. The Hall–Kier alpha value is -2.04. The molecule has 0 radical (unpaired) electrons. The second kappa shape index (κ2) is 4.91. The number of benzene rings is 1. The molecular formula is C14H16N2O3. The van der Waals surface area contributed by atoms with Crippen LogP contribution >= 0.6 is 0 Å². The van der Waals surface area contributed by atoms with E-state index < -0.39 is 0 Å². The van der Waals surface area contributed by atoms with Crippen molar-refractivity contribution in [2.45, 2.75) is 25.8 Å². The van der Waals surface area contributed by atoms with Gasteiger partial charge in [-0.1, -0.05) is 12.5 Å². The van der Waals surface area contributed by atoms with Crippen LogP contribution in [0.2, 0.25) is 0 Å². The molecule has 1 aliphatic carbocycles. The number of carbonyl (C=O) groups excluding carboxylic acids is 2. The van der Waals surface area contributed by atoms with Crippen LogP contribution < -0.4 is 15.4 Å². The largest absolute Gasteiger partial charge is 0.482 e. The first-order valence-electron chi connectivity index (χ1n) is 6.55. The SMILES string of the molecule is O=C1COc2cc(CNC(=O)C3CCC3)ccc2N1. The van der Waals surface area contributed by atoms with E-state index in [0.29, 0.717) is 18.0 Å². The topological polar surface area (TPSA) is 67.4 Å². The fourth-order valence-corrected chi connectivity index (χ4v) is 2.23. The number of amides is 2. The number of hydrogen-bond donors (Lipinski definition) is 2. The van der Waals surface area contributed by atoms with Gasteiger partial charge in [0.2, 0.25) is 5.91 Å². The lowest BCUT2D eigenvalue weighted by Gasteiger charge is -2.24. The number of hydrogen-bond acceptors (Lipinski definition) is 3. The summed E-state index contributed by atoms with van der Waals surface area (Å²) < 4.78 is 5.34. The van der Waals surface area contributed by atoms with Gasteiger partial charge in [0.05, 0.1) is 5.69 Å². The van der Waals surface area contributed by atoms with Gasteiger partial charge in [0.1, 0.15) is 5.75 Å². The third kappa shape index (κ3) is 2.54. The molecular weight excluding hydrogens is 244 g/mol. The standard InChI is InChI=1S/C14H16N2O3/c17-13-8-19-12-6-9(4-5-11(12)16-13)7-15-14(18)10-2-1-3-10/h4-6,10H,1-3,7-8H2,(H,15,18)(H,16,17).